The lowest BCUT2D eigenvalue weighted by Gasteiger charge is -2.02. The van der Waals surface area contributed by atoms with Crippen LogP contribution in [0.15, 0.2) is 15.9 Å². The molecule has 0 aliphatic rings. The molecule has 78 valence electrons. The van der Waals surface area contributed by atoms with Gasteiger partial charge in [-0.3, -0.25) is 13.9 Å². The summed E-state index contributed by atoms with van der Waals surface area (Å²) in [5.41, 5.74) is 0.180. The first kappa shape index (κ1) is 11.4. The Balaban J connectivity index is 0.00000112. The largest absolute Gasteiger partial charge is 0.332 e. The third kappa shape index (κ3) is 1.35. The molecule has 0 aliphatic heterocycles. The average Bonchev–Trinajstić information content (AvgIpc) is 2.54. The van der Waals surface area contributed by atoms with E-state index in [0.29, 0.717) is 11.2 Å². The Hall–Kier alpha value is -1.63. The summed E-state index contributed by atoms with van der Waals surface area (Å²) in [4.78, 5) is 27.2. The van der Waals surface area contributed by atoms with Crippen molar-refractivity contribution in [2.45, 2.75) is 0 Å². The second-order valence-corrected chi connectivity index (χ2v) is 3.23. The van der Waals surface area contributed by atoms with E-state index in [1.807, 2.05) is 0 Å². The van der Waals surface area contributed by atoms with Crippen molar-refractivity contribution in [1.29, 1.82) is 0 Å². The van der Waals surface area contributed by atoms with Gasteiger partial charge in [-0.15, -0.1) is 0 Å². The number of imidazole rings is 1. The van der Waals surface area contributed by atoms with Crippen molar-refractivity contribution in [1.82, 2.24) is 18.7 Å². The summed E-state index contributed by atoms with van der Waals surface area (Å²) >= 11 is 0. The van der Waals surface area contributed by atoms with Gasteiger partial charge in [-0.2, -0.15) is 0 Å². The molecule has 0 aromatic carbocycles. The summed E-state index contributed by atoms with van der Waals surface area (Å²) in [6.07, 6.45) is 1.52. The highest BCUT2D eigenvalue weighted by Gasteiger charge is 2.11. The zero-order chi connectivity index (χ0) is 10.5. The Bertz CT molecular complexity index is 622. The summed E-state index contributed by atoms with van der Waals surface area (Å²) in [5, 5.41) is 0. The van der Waals surface area contributed by atoms with Crippen LogP contribution in [0.4, 0.5) is 0 Å². The Morgan fingerprint density at radius 1 is 1.13 bits per heavy atom. The van der Waals surface area contributed by atoms with Gasteiger partial charge in [0.05, 0.1) is 6.33 Å². The molecule has 2 aromatic rings. The Labute approximate surface area is 89.8 Å². The molecule has 0 fully saturated rings. The minimum absolute atomic E-state index is 0. The second kappa shape index (κ2) is 3.50. The van der Waals surface area contributed by atoms with Crippen LogP contribution in [0.2, 0.25) is 0 Å². The molecule has 0 aliphatic carbocycles. The maximum absolute atomic E-state index is 11.7. The van der Waals surface area contributed by atoms with Crippen molar-refractivity contribution in [2.75, 3.05) is 0 Å². The Kier molecular flexibility index (Phi) is 2.67. The van der Waals surface area contributed by atoms with Gasteiger partial charge in [0.15, 0.2) is 11.2 Å². The Morgan fingerprint density at radius 2 is 1.73 bits per heavy atom. The Morgan fingerprint density at radius 3 is 2.33 bits per heavy atom. The van der Waals surface area contributed by atoms with E-state index in [0.717, 1.165) is 4.57 Å². The van der Waals surface area contributed by atoms with Gasteiger partial charge in [0.25, 0.3) is 5.56 Å². The molecule has 0 saturated heterocycles. The molecule has 0 spiro atoms. The fourth-order valence-corrected chi connectivity index (χ4v) is 1.47. The van der Waals surface area contributed by atoms with E-state index in [-0.39, 0.29) is 22.2 Å². The van der Waals surface area contributed by atoms with Gasteiger partial charge >= 0.3 is 5.69 Å². The number of rotatable bonds is 0. The smallest absolute Gasteiger partial charge is 0.328 e. The molecule has 4 radical (unpaired) electrons. The monoisotopic (exact) mass is 222 g/mol. The predicted octanol–water partition coefficient (Wildman–Crippen LogP) is -1.41. The number of hydrogen-bond donors (Lipinski definition) is 0. The second-order valence-electron chi connectivity index (χ2n) is 3.23. The number of aryl methyl sites for hydroxylation is 2. The fourth-order valence-electron chi connectivity index (χ4n) is 1.47. The first-order valence-electron chi connectivity index (χ1n) is 4.11. The first-order chi connectivity index (χ1) is 6.54. The van der Waals surface area contributed by atoms with Crippen LogP contribution < -0.4 is 11.2 Å². The van der Waals surface area contributed by atoms with Crippen LogP contribution >= 0.6 is 0 Å². The predicted molar refractivity (Wildman–Crippen MR) is 57.0 cm³/mol. The lowest BCUT2D eigenvalue weighted by atomic mass is 10.5. The normalized spacial score (nSPS) is 10.3. The summed E-state index contributed by atoms with van der Waals surface area (Å²) in [6.45, 7) is 0. The molecule has 0 unspecified atom stereocenters. The highest BCUT2D eigenvalue weighted by Crippen LogP contribution is 2.01. The van der Waals surface area contributed by atoms with Gasteiger partial charge in [0.2, 0.25) is 0 Å². The average molecular weight is 222 g/mol. The molecule has 2 aromatic heterocycles. The maximum Gasteiger partial charge on any atom is 0.332 e. The molecule has 2 rings (SSSR count). The van der Waals surface area contributed by atoms with Crippen LogP contribution in [-0.4, -0.2) is 29.7 Å². The van der Waals surface area contributed by atoms with Crippen LogP contribution in [0, 0.1) is 0 Å². The zero-order valence-corrected chi connectivity index (χ0v) is 9.68. The van der Waals surface area contributed by atoms with Crippen LogP contribution in [0.25, 0.3) is 11.2 Å². The molecule has 0 saturated carbocycles. The lowest BCUT2D eigenvalue weighted by Crippen LogP contribution is -2.37. The number of nitrogens with zero attached hydrogens (tertiary/aromatic N) is 4. The molecule has 0 amide bonds. The van der Waals surface area contributed by atoms with Crippen LogP contribution in [-0.2, 0) is 21.1 Å². The molecule has 0 atom stereocenters. The summed E-state index contributed by atoms with van der Waals surface area (Å²) < 4.78 is 4.04. The minimum Gasteiger partial charge on any atom is -0.328 e. The van der Waals surface area contributed by atoms with E-state index in [2.05, 4.69) is 4.98 Å². The van der Waals surface area contributed by atoms with Crippen molar-refractivity contribution in [3.05, 3.63) is 27.2 Å². The van der Waals surface area contributed by atoms with Crippen molar-refractivity contribution in [3.63, 3.8) is 0 Å². The van der Waals surface area contributed by atoms with Crippen LogP contribution in [0.1, 0.15) is 0 Å². The fraction of sp³-hybridized carbons (Fsp3) is 0.375. The van der Waals surface area contributed by atoms with Gasteiger partial charge in [0.1, 0.15) is 0 Å². The molecule has 15 heavy (non-hydrogen) atoms. The minimum atomic E-state index is -0.360. The number of aromatic nitrogens is 4. The summed E-state index contributed by atoms with van der Waals surface area (Å²) in [6, 6.07) is 0. The number of fused-ring (bicyclic) bond motifs is 1. The van der Waals surface area contributed by atoms with Gasteiger partial charge in [-0.05, 0) is 0 Å². The van der Waals surface area contributed by atoms with E-state index in [9.17, 15) is 9.59 Å². The number of hydrogen-bond acceptors (Lipinski definition) is 3. The molecular weight excluding hydrogens is 212 g/mol. The third-order valence-corrected chi connectivity index (χ3v) is 2.32. The van der Waals surface area contributed by atoms with Crippen molar-refractivity contribution in [3.8, 4) is 0 Å². The van der Waals surface area contributed by atoms with Gasteiger partial charge < -0.3 is 4.57 Å². The van der Waals surface area contributed by atoms with E-state index in [4.69, 9.17) is 0 Å². The zero-order valence-electron chi connectivity index (χ0n) is 8.68. The standard InChI is InChI=1S/C8H10N4O2.Si/c1-10-4-9-6-5(10)7(13)12(3)8(14)11(6)2;/h4H,1-3H3;. The molecular formula is C8H10N4O2Si. The van der Waals surface area contributed by atoms with E-state index < -0.39 is 0 Å². The maximum atomic E-state index is 11.7. The third-order valence-electron chi connectivity index (χ3n) is 2.32. The molecule has 0 bridgehead atoms. The van der Waals surface area contributed by atoms with Gasteiger partial charge in [-0.1, -0.05) is 0 Å². The van der Waals surface area contributed by atoms with E-state index in [1.165, 1.54) is 17.9 Å². The first-order valence-corrected chi connectivity index (χ1v) is 4.11. The van der Waals surface area contributed by atoms with Crippen LogP contribution in [0.5, 0.6) is 0 Å². The quantitative estimate of drug-likeness (QED) is 0.514. The van der Waals surface area contributed by atoms with E-state index in [1.54, 1.807) is 18.7 Å². The summed E-state index contributed by atoms with van der Waals surface area (Å²) in [5.74, 6) is 0. The van der Waals surface area contributed by atoms with Gasteiger partial charge in [0, 0.05) is 32.1 Å². The highest BCUT2D eigenvalue weighted by molar-refractivity contribution is 5.75. The summed E-state index contributed by atoms with van der Waals surface area (Å²) in [7, 11) is 4.77. The van der Waals surface area contributed by atoms with Crippen molar-refractivity contribution in [2.24, 2.45) is 21.1 Å². The van der Waals surface area contributed by atoms with Crippen molar-refractivity contribution >= 4 is 22.1 Å². The van der Waals surface area contributed by atoms with Crippen molar-refractivity contribution < 1.29 is 0 Å². The molecule has 2 heterocycles. The van der Waals surface area contributed by atoms with E-state index >= 15 is 0 Å². The lowest BCUT2D eigenvalue weighted by molar-refractivity contribution is 0.705. The molecule has 0 N–H and O–H groups in total. The SMILES string of the molecule is Cn1c(=O)c2c(ncn2C)n(C)c1=O.[Si]. The highest BCUT2D eigenvalue weighted by atomic mass is 28.1. The molecule has 6 nitrogen and oxygen atoms in total. The topological polar surface area (TPSA) is 61.8 Å². The molecule has 7 heteroatoms. The van der Waals surface area contributed by atoms with Gasteiger partial charge in [-0.25, -0.2) is 9.78 Å². The van der Waals surface area contributed by atoms with Crippen LogP contribution in [0.3, 0.4) is 0 Å².